The maximum atomic E-state index is 12.8. The van der Waals surface area contributed by atoms with E-state index in [1.54, 1.807) is 24.3 Å². The Morgan fingerprint density at radius 3 is 2.65 bits per heavy atom. The molecule has 5 heteroatoms. The van der Waals surface area contributed by atoms with E-state index < -0.39 is 0 Å². The summed E-state index contributed by atoms with van der Waals surface area (Å²) in [5.41, 5.74) is 2.54. The normalized spacial score (nSPS) is 22.2. The number of carbonyl (C=O) groups is 1. The van der Waals surface area contributed by atoms with Crippen molar-refractivity contribution in [2.24, 2.45) is 0 Å². The first kappa shape index (κ1) is 17.4. The van der Waals surface area contributed by atoms with Gasteiger partial charge in [-0.25, -0.2) is 0 Å². The third-order valence-corrected chi connectivity index (χ3v) is 5.56. The molecule has 1 atom stereocenters. The van der Waals surface area contributed by atoms with Crippen LogP contribution in [0.3, 0.4) is 0 Å². The second-order valence-corrected chi connectivity index (χ2v) is 7.84. The number of carbonyl (C=O) groups excluding carboxylic acids is 1. The number of halogens is 2. The van der Waals surface area contributed by atoms with E-state index in [9.17, 15) is 4.79 Å². The van der Waals surface area contributed by atoms with Crippen molar-refractivity contribution in [3.63, 3.8) is 0 Å². The number of piperidine rings is 1. The Morgan fingerprint density at radius 1 is 1.08 bits per heavy atom. The molecule has 2 aliphatic rings. The highest BCUT2D eigenvalue weighted by molar-refractivity contribution is 6.31. The van der Waals surface area contributed by atoms with Crippen LogP contribution in [0.1, 0.15) is 35.2 Å². The number of rotatable bonds is 2. The molecular formula is C21H19Cl2NO2. The van der Waals surface area contributed by atoms with Crippen molar-refractivity contribution in [2.45, 2.75) is 24.9 Å². The summed E-state index contributed by atoms with van der Waals surface area (Å²) < 4.78 is 6.10. The highest BCUT2D eigenvalue weighted by Crippen LogP contribution is 2.41. The molecule has 1 unspecified atom stereocenters. The monoisotopic (exact) mass is 387 g/mol. The van der Waals surface area contributed by atoms with Crippen LogP contribution in [0.4, 0.5) is 0 Å². The van der Waals surface area contributed by atoms with Crippen LogP contribution in [0, 0.1) is 0 Å². The van der Waals surface area contributed by atoms with Gasteiger partial charge in [0.25, 0.3) is 5.91 Å². The van der Waals surface area contributed by atoms with E-state index >= 15 is 0 Å². The van der Waals surface area contributed by atoms with Gasteiger partial charge in [0.1, 0.15) is 5.60 Å². The molecule has 134 valence electrons. The second kappa shape index (κ2) is 6.98. The molecule has 2 aliphatic heterocycles. The predicted octanol–water partition coefficient (Wildman–Crippen LogP) is 5.43. The summed E-state index contributed by atoms with van der Waals surface area (Å²) in [6.07, 6.45) is 4.49. The first-order valence-corrected chi connectivity index (χ1v) is 9.48. The summed E-state index contributed by atoms with van der Waals surface area (Å²) in [7, 11) is 0. The van der Waals surface area contributed by atoms with Gasteiger partial charge < -0.3 is 9.64 Å². The van der Waals surface area contributed by atoms with Gasteiger partial charge in [-0.2, -0.15) is 0 Å². The van der Waals surface area contributed by atoms with Crippen LogP contribution in [0.5, 0.6) is 0 Å². The summed E-state index contributed by atoms with van der Waals surface area (Å²) in [6, 6.07) is 14.9. The third-order valence-electron chi connectivity index (χ3n) is 5.08. The lowest BCUT2D eigenvalue weighted by atomic mass is 9.86. The Kier molecular flexibility index (Phi) is 4.68. The minimum atomic E-state index is -0.335. The number of nitrogens with zero attached hydrogens (tertiary/aromatic N) is 1. The number of likely N-dealkylation sites (tertiary alicyclic amines) is 1. The van der Waals surface area contributed by atoms with Gasteiger partial charge in [-0.05, 0) is 60.4 Å². The zero-order valence-electron chi connectivity index (χ0n) is 14.3. The Labute approximate surface area is 163 Å². The number of hydrogen-bond donors (Lipinski definition) is 0. The highest BCUT2D eigenvalue weighted by Gasteiger charge is 2.42. The number of hydrogen-bond acceptors (Lipinski definition) is 2. The topological polar surface area (TPSA) is 29.5 Å². The summed E-state index contributed by atoms with van der Waals surface area (Å²) in [5.74, 6) is 0.0283. The van der Waals surface area contributed by atoms with Crippen molar-refractivity contribution in [3.8, 4) is 0 Å². The van der Waals surface area contributed by atoms with Crippen LogP contribution in [0.25, 0.3) is 5.57 Å². The molecule has 0 N–H and O–H groups in total. The molecule has 0 radical (unpaired) electrons. The van der Waals surface area contributed by atoms with Crippen LogP contribution < -0.4 is 0 Å². The first-order chi connectivity index (χ1) is 12.5. The van der Waals surface area contributed by atoms with Crippen LogP contribution in [-0.4, -0.2) is 29.5 Å². The fourth-order valence-corrected chi connectivity index (χ4v) is 4.09. The van der Waals surface area contributed by atoms with Crippen LogP contribution >= 0.6 is 23.2 Å². The van der Waals surface area contributed by atoms with Gasteiger partial charge in [-0.1, -0.05) is 35.3 Å². The molecule has 0 aromatic heterocycles. The molecule has 0 bridgehead atoms. The smallest absolute Gasteiger partial charge is 0.253 e. The zero-order chi connectivity index (χ0) is 18.1. The minimum Gasteiger partial charge on any atom is -0.492 e. The van der Waals surface area contributed by atoms with Gasteiger partial charge in [0.05, 0.1) is 12.8 Å². The van der Waals surface area contributed by atoms with E-state index in [0.717, 1.165) is 36.9 Å². The summed E-state index contributed by atoms with van der Waals surface area (Å²) in [5, 5.41) is 1.35. The summed E-state index contributed by atoms with van der Waals surface area (Å²) in [4.78, 5) is 14.7. The van der Waals surface area contributed by atoms with Gasteiger partial charge >= 0.3 is 0 Å². The molecule has 0 saturated carbocycles. The lowest BCUT2D eigenvalue weighted by Crippen LogP contribution is -2.50. The Bertz CT molecular complexity index is 863. The lowest BCUT2D eigenvalue weighted by Gasteiger charge is -2.39. The molecule has 1 amide bonds. The van der Waals surface area contributed by atoms with Crippen LogP contribution in [0.2, 0.25) is 10.0 Å². The fourth-order valence-electron chi connectivity index (χ4n) is 3.77. The SMILES string of the molecule is O=C(c1ccc(Cl)cc1)N1CCCC2(CC(c3cccc(Cl)c3)=CO2)C1. The molecule has 1 fully saturated rings. The molecule has 0 aliphatic carbocycles. The largest absolute Gasteiger partial charge is 0.492 e. The van der Waals surface area contributed by atoms with E-state index in [1.165, 1.54) is 0 Å². The van der Waals surface area contributed by atoms with Gasteiger partial charge in [-0.3, -0.25) is 4.79 Å². The number of amides is 1. The van der Waals surface area contributed by atoms with Gasteiger partial charge in [0.15, 0.2) is 0 Å². The van der Waals surface area contributed by atoms with Crippen LogP contribution in [-0.2, 0) is 4.74 Å². The average molecular weight is 388 g/mol. The average Bonchev–Trinajstić information content (AvgIpc) is 3.05. The predicted molar refractivity (Wildman–Crippen MR) is 104 cm³/mol. The maximum absolute atomic E-state index is 12.8. The third kappa shape index (κ3) is 3.46. The van der Waals surface area contributed by atoms with E-state index in [-0.39, 0.29) is 11.5 Å². The maximum Gasteiger partial charge on any atom is 0.253 e. The second-order valence-electron chi connectivity index (χ2n) is 6.97. The molecule has 1 saturated heterocycles. The molecule has 1 spiro atoms. The Balaban J connectivity index is 1.49. The molecule has 4 rings (SSSR count). The van der Waals surface area contributed by atoms with E-state index in [4.69, 9.17) is 27.9 Å². The van der Waals surface area contributed by atoms with Crippen molar-refractivity contribution in [3.05, 3.63) is 76.0 Å². The Morgan fingerprint density at radius 2 is 1.88 bits per heavy atom. The minimum absolute atomic E-state index is 0.0283. The van der Waals surface area contributed by atoms with Gasteiger partial charge in [0, 0.05) is 28.6 Å². The van der Waals surface area contributed by atoms with Gasteiger partial charge in [-0.15, -0.1) is 0 Å². The van der Waals surface area contributed by atoms with E-state index in [2.05, 4.69) is 0 Å². The fraction of sp³-hybridized carbons (Fsp3) is 0.286. The molecule has 2 aromatic carbocycles. The number of ether oxygens (including phenoxy) is 1. The molecule has 2 aromatic rings. The summed E-state index contributed by atoms with van der Waals surface area (Å²) in [6.45, 7) is 1.34. The summed E-state index contributed by atoms with van der Waals surface area (Å²) >= 11 is 12.0. The standard InChI is InChI=1S/C21H19Cl2NO2/c22-18-7-5-15(6-8-18)20(25)24-10-2-9-21(14-24)12-17(13-26-21)16-3-1-4-19(23)11-16/h1,3-8,11,13H,2,9-10,12,14H2. The van der Waals surface area contributed by atoms with E-state index in [0.29, 0.717) is 22.2 Å². The molecule has 26 heavy (non-hydrogen) atoms. The molecule has 2 heterocycles. The van der Waals surface area contributed by atoms with Crippen molar-refractivity contribution >= 4 is 34.7 Å². The van der Waals surface area contributed by atoms with Crippen molar-refractivity contribution in [1.82, 2.24) is 4.90 Å². The highest BCUT2D eigenvalue weighted by atomic mass is 35.5. The quantitative estimate of drug-likeness (QED) is 0.687. The zero-order valence-corrected chi connectivity index (χ0v) is 15.8. The van der Waals surface area contributed by atoms with Crippen molar-refractivity contribution in [2.75, 3.05) is 13.1 Å². The van der Waals surface area contributed by atoms with Crippen LogP contribution in [0.15, 0.2) is 54.8 Å². The lowest BCUT2D eigenvalue weighted by molar-refractivity contribution is -0.0190. The Hall–Kier alpha value is -1.97. The van der Waals surface area contributed by atoms with E-state index in [1.807, 2.05) is 35.4 Å². The molecule has 3 nitrogen and oxygen atoms in total. The number of benzene rings is 2. The van der Waals surface area contributed by atoms with Gasteiger partial charge in [0.2, 0.25) is 0 Å². The van der Waals surface area contributed by atoms with Crippen molar-refractivity contribution < 1.29 is 9.53 Å². The first-order valence-electron chi connectivity index (χ1n) is 8.72. The molecular weight excluding hydrogens is 369 g/mol. The van der Waals surface area contributed by atoms with Crippen molar-refractivity contribution in [1.29, 1.82) is 0 Å².